The van der Waals surface area contributed by atoms with Gasteiger partial charge in [0.2, 0.25) is 0 Å². The van der Waals surface area contributed by atoms with Crippen molar-refractivity contribution in [2.24, 2.45) is 0 Å². The standard InChI is InChI=1S/C15H16N2O5S2/c1-8-5-9(2)13(11(6-8)22-10(3)18)14(19)17-15-16-12(7-23-15)24(4,20)21/h5-7H,1-4H3,(H,16,17,19). The van der Waals surface area contributed by atoms with Crippen molar-refractivity contribution in [3.63, 3.8) is 0 Å². The highest BCUT2D eigenvalue weighted by Crippen LogP contribution is 2.27. The Bertz CT molecular complexity index is 916. The van der Waals surface area contributed by atoms with Crippen molar-refractivity contribution in [1.82, 2.24) is 4.98 Å². The molecule has 1 amide bonds. The second kappa shape index (κ2) is 6.70. The third-order valence-corrected chi connectivity index (χ3v) is 4.88. The Labute approximate surface area is 143 Å². The molecule has 0 atom stereocenters. The summed E-state index contributed by atoms with van der Waals surface area (Å²) in [4.78, 5) is 27.6. The van der Waals surface area contributed by atoms with E-state index in [0.29, 0.717) is 5.56 Å². The largest absolute Gasteiger partial charge is 0.426 e. The lowest BCUT2D eigenvalue weighted by Gasteiger charge is -2.12. The zero-order chi connectivity index (χ0) is 18.1. The van der Waals surface area contributed by atoms with Gasteiger partial charge in [-0.2, -0.15) is 0 Å². The van der Waals surface area contributed by atoms with Crippen LogP contribution in [-0.4, -0.2) is 31.5 Å². The summed E-state index contributed by atoms with van der Waals surface area (Å²) in [7, 11) is -3.44. The van der Waals surface area contributed by atoms with Crippen LogP contribution in [0.2, 0.25) is 0 Å². The van der Waals surface area contributed by atoms with E-state index < -0.39 is 21.7 Å². The van der Waals surface area contributed by atoms with Gasteiger partial charge in [0.05, 0.1) is 5.56 Å². The summed E-state index contributed by atoms with van der Waals surface area (Å²) in [6.07, 6.45) is 1.04. The maximum atomic E-state index is 12.5. The molecule has 0 unspecified atom stereocenters. The van der Waals surface area contributed by atoms with Crippen LogP contribution in [0.3, 0.4) is 0 Å². The minimum Gasteiger partial charge on any atom is -0.426 e. The number of aromatic nitrogens is 1. The van der Waals surface area contributed by atoms with E-state index in [-0.39, 0.29) is 21.5 Å². The maximum Gasteiger partial charge on any atom is 0.308 e. The summed E-state index contributed by atoms with van der Waals surface area (Å²) >= 11 is 0.998. The van der Waals surface area contributed by atoms with Gasteiger partial charge in [0.25, 0.3) is 5.91 Å². The summed E-state index contributed by atoms with van der Waals surface area (Å²) in [5.41, 5.74) is 1.67. The number of anilines is 1. The second-order valence-electron chi connectivity index (χ2n) is 5.27. The Morgan fingerprint density at radius 2 is 1.92 bits per heavy atom. The van der Waals surface area contributed by atoms with Crippen molar-refractivity contribution in [2.75, 3.05) is 11.6 Å². The monoisotopic (exact) mass is 368 g/mol. The molecule has 0 bridgehead atoms. The van der Waals surface area contributed by atoms with Crippen molar-refractivity contribution < 1.29 is 22.7 Å². The Morgan fingerprint density at radius 3 is 2.46 bits per heavy atom. The van der Waals surface area contributed by atoms with Gasteiger partial charge in [0, 0.05) is 18.6 Å². The van der Waals surface area contributed by atoms with Crippen LogP contribution in [0.15, 0.2) is 22.5 Å². The number of hydrogen-bond donors (Lipinski definition) is 1. The smallest absolute Gasteiger partial charge is 0.308 e. The fourth-order valence-electron chi connectivity index (χ4n) is 2.10. The topological polar surface area (TPSA) is 102 Å². The SMILES string of the molecule is CC(=O)Oc1cc(C)cc(C)c1C(=O)Nc1nc(S(C)(=O)=O)cs1. The Kier molecular flexibility index (Phi) is 5.05. The van der Waals surface area contributed by atoms with Gasteiger partial charge in [-0.1, -0.05) is 6.07 Å². The van der Waals surface area contributed by atoms with Gasteiger partial charge in [0.15, 0.2) is 20.0 Å². The Hall–Kier alpha value is -2.26. The number of amides is 1. The molecule has 0 aliphatic rings. The molecule has 1 N–H and O–H groups in total. The predicted molar refractivity (Wildman–Crippen MR) is 90.4 cm³/mol. The molecule has 0 spiro atoms. The number of nitrogens with zero attached hydrogens (tertiary/aromatic N) is 1. The summed E-state index contributed by atoms with van der Waals surface area (Å²) in [5, 5.41) is 3.92. The molecular weight excluding hydrogens is 352 g/mol. The van der Waals surface area contributed by atoms with Crippen LogP contribution >= 0.6 is 11.3 Å². The van der Waals surface area contributed by atoms with Gasteiger partial charge in [-0.15, -0.1) is 11.3 Å². The van der Waals surface area contributed by atoms with E-state index in [4.69, 9.17) is 4.74 Å². The van der Waals surface area contributed by atoms with E-state index in [9.17, 15) is 18.0 Å². The summed E-state index contributed by atoms with van der Waals surface area (Å²) < 4.78 is 28.0. The average molecular weight is 368 g/mol. The molecule has 24 heavy (non-hydrogen) atoms. The van der Waals surface area contributed by atoms with Crippen molar-refractivity contribution in [3.8, 4) is 5.75 Å². The zero-order valence-corrected chi connectivity index (χ0v) is 15.2. The molecule has 7 nitrogen and oxygen atoms in total. The lowest BCUT2D eigenvalue weighted by Crippen LogP contribution is -2.16. The lowest BCUT2D eigenvalue weighted by molar-refractivity contribution is -0.131. The number of ether oxygens (including phenoxy) is 1. The van der Waals surface area contributed by atoms with Gasteiger partial charge in [-0.05, 0) is 31.0 Å². The highest BCUT2D eigenvalue weighted by Gasteiger charge is 2.20. The molecule has 9 heteroatoms. The van der Waals surface area contributed by atoms with Crippen LogP contribution in [0.1, 0.15) is 28.4 Å². The minimum absolute atomic E-state index is 0.108. The Morgan fingerprint density at radius 1 is 1.25 bits per heavy atom. The fraction of sp³-hybridized carbons (Fsp3) is 0.267. The average Bonchev–Trinajstić information content (AvgIpc) is 2.85. The first-order chi connectivity index (χ1) is 11.1. The van der Waals surface area contributed by atoms with Crippen LogP contribution < -0.4 is 10.1 Å². The van der Waals surface area contributed by atoms with Crippen molar-refractivity contribution in [2.45, 2.75) is 25.8 Å². The van der Waals surface area contributed by atoms with Gasteiger partial charge < -0.3 is 4.74 Å². The molecule has 0 radical (unpaired) electrons. The van der Waals surface area contributed by atoms with Crippen LogP contribution in [0.5, 0.6) is 5.75 Å². The van der Waals surface area contributed by atoms with E-state index in [1.165, 1.54) is 12.3 Å². The molecule has 0 saturated carbocycles. The van der Waals surface area contributed by atoms with E-state index in [1.807, 2.05) is 6.92 Å². The third-order valence-electron chi connectivity index (χ3n) is 3.01. The highest BCUT2D eigenvalue weighted by atomic mass is 32.2. The normalized spacial score (nSPS) is 11.2. The number of sulfone groups is 1. The lowest BCUT2D eigenvalue weighted by atomic mass is 10.0. The quantitative estimate of drug-likeness (QED) is 0.656. The van der Waals surface area contributed by atoms with Crippen LogP contribution in [0.4, 0.5) is 5.13 Å². The molecule has 2 rings (SSSR count). The van der Waals surface area contributed by atoms with Gasteiger partial charge in [-0.3, -0.25) is 14.9 Å². The van der Waals surface area contributed by atoms with Crippen molar-refractivity contribution in [3.05, 3.63) is 34.2 Å². The summed E-state index contributed by atoms with van der Waals surface area (Å²) in [6, 6.07) is 3.37. The number of esters is 1. The molecule has 1 heterocycles. The molecule has 0 fully saturated rings. The molecule has 1 aromatic heterocycles. The van der Waals surface area contributed by atoms with E-state index in [0.717, 1.165) is 23.2 Å². The number of rotatable bonds is 4. The molecule has 0 aliphatic carbocycles. The molecule has 0 aliphatic heterocycles. The maximum absolute atomic E-state index is 12.5. The van der Waals surface area contributed by atoms with E-state index >= 15 is 0 Å². The highest BCUT2D eigenvalue weighted by molar-refractivity contribution is 7.90. The predicted octanol–water partition coefficient (Wildman–Crippen LogP) is 2.34. The minimum atomic E-state index is -3.44. The number of nitrogens with one attached hydrogen (secondary N) is 1. The first kappa shape index (κ1) is 18.1. The fourth-order valence-corrected chi connectivity index (χ4v) is 3.83. The molecular formula is C15H16N2O5S2. The first-order valence-electron chi connectivity index (χ1n) is 6.84. The van der Waals surface area contributed by atoms with Gasteiger partial charge >= 0.3 is 5.97 Å². The molecule has 1 aromatic carbocycles. The van der Waals surface area contributed by atoms with Crippen LogP contribution in [0.25, 0.3) is 0 Å². The summed E-state index contributed by atoms with van der Waals surface area (Å²) in [5.74, 6) is -0.918. The number of hydrogen-bond acceptors (Lipinski definition) is 7. The van der Waals surface area contributed by atoms with Gasteiger partial charge in [0.1, 0.15) is 5.75 Å². The second-order valence-corrected chi connectivity index (χ2v) is 8.09. The first-order valence-corrected chi connectivity index (χ1v) is 9.61. The third kappa shape index (κ3) is 4.18. The van der Waals surface area contributed by atoms with Crippen LogP contribution in [-0.2, 0) is 14.6 Å². The number of carbonyl (C=O) groups is 2. The molecule has 0 saturated heterocycles. The van der Waals surface area contributed by atoms with Crippen molar-refractivity contribution in [1.29, 1.82) is 0 Å². The van der Waals surface area contributed by atoms with E-state index in [1.54, 1.807) is 19.1 Å². The molecule has 128 valence electrons. The van der Waals surface area contributed by atoms with Gasteiger partial charge in [-0.25, -0.2) is 13.4 Å². The zero-order valence-electron chi connectivity index (χ0n) is 13.5. The number of thiazole rings is 1. The van der Waals surface area contributed by atoms with Crippen LogP contribution in [0, 0.1) is 13.8 Å². The van der Waals surface area contributed by atoms with E-state index in [2.05, 4.69) is 10.3 Å². The number of carbonyl (C=O) groups excluding carboxylic acids is 2. The number of aryl methyl sites for hydroxylation is 2. The number of benzene rings is 1. The Balaban J connectivity index is 2.36. The van der Waals surface area contributed by atoms with Crippen molar-refractivity contribution >= 4 is 38.2 Å². The summed E-state index contributed by atoms with van der Waals surface area (Å²) in [6.45, 7) is 4.79. The molecule has 2 aromatic rings.